The number of aryl methyl sites for hydroxylation is 2. The Bertz CT molecular complexity index is 627. The summed E-state index contributed by atoms with van der Waals surface area (Å²) in [6, 6.07) is 10.5. The first-order valence-electron chi connectivity index (χ1n) is 8.65. The van der Waals surface area contributed by atoms with Gasteiger partial charge in [-0.05, 0) is 17.9 Å². The lowest BCUT2D eigenvalue weighted by atomic mass is 10.0. The molecule has 5 heteroatoms. The van der Waals surface area contributed by atoms with Crippen molar-refractivity contribution in [2.24, 2.45) is 4.99 Å². The molecular formula is C19H28N4O. The maximum absolute atomic E-state index is 5.41. The van der Waals surface area contributed by atoms with Crippen LogP contribution in [0.2, 0.25) is 0 Å². The fourth-order valence-electron chi connectivity index (χ4n) is 2.68. The van der Waals surface area contributed by atoms with Crippen molar-refractivity contribution in [3.05, 3.63) is 52.9 Å². The van der Waals surface area contributed by atoms with Gasteiger partial charge in [0.05, 0.1) is 5.69 Å². The highest BCUT2D eigenvalue weighted by atomic mass is 16.5. The molecule has 0 aliphatic carbocycles. The smallest absolute Gasteiger partial charge is 0.191 e. The fourth-order valence-corrected chi connectivity index (χ4v) is 2.68. The SMILES string of the molecule is CCc1noc(CC)c1CNC(=NC)NCC(C)c1ccccc1. The minimum absolute atomic E-state index is 0.415. The molecule has 5 nitrogen and oxygen atoms in total. The average Bonchev–Trinajstić information content (AvgIpc) is 3.04. The summed E-state index contributed by atoms with van der Waals surface area (Å²) >= 11 is 0. The highest BCUT2D eigenvalue weighted by Crippen LogP contribution is 2.15. The van der Waals surface area contributed by atoms with Gasteiger partial charge in [0.25, 0.3) is 0 Å². The van der Waals surface area contributed by atoms with Crippen molar-refractivity contribution in [2.45, 2.75) is 46.1 Å². The molecule has 0 amide bonds. The van der Waals surface area contributed by atoms with Crippen LogP contribution in [0.5, 0.6) is 0 Å². The van der Waals surface area contributed by atoms with E-state index in [1.165, 1.54) is 5.56 Å². The average molecular weight is 328 g/mol. The largest absolute Gasteiger partial charge is 0.361 e. The first-order chi connectivity index (χ1) is 11.7. The van der Waals surface area contributed by atoms with Gasteiger partial charge in [-0.25, -0.2) is 0 Å². The van der Waals surface area contributed by atoms with Crippen LogP contribution in [0, 0.1) is 0 Å². The topological polar surface area (TPSA) is 62.5 Å². The van der Waals surface area contributed by atoms with Crippen LogP contribution in [0.15, 0.2) is 39.8 Å². The Hall–Kier alpha value is -2.30. The highest BCUT2D eigenvalue weighted by Gasteiger charge is 2.14. The van der Waals surface area contributed by atoms with Crippen molar-refractivity contribution in [2.75, 3.05) is 13.6 Å². The van der Waals surface area contributed by atoms with Gasteiger partial charge < -0.3 is 15.2 Å². The molecule has 0 saturated carbocycles. The molecule has 1 aromatic heterocycles. The predicted molar refractivity (Wildman–Crippen MR) is 98.3 cm³/mol. The Morgan fingerprint density at radius 1 is 1.17 bits per heavy atom. The van der Waals surface area contributed by atoms with Crippen molar-refractivity contribution in [3.8, 4) is 0 Å². The summed E-state index contributed by atoms with van der Waals surface area (Å²) in [6.45, 7) is 7.89. The Kier molecular flexibility index (Phi) is 6.85. The molecular weight excluding hydrogens is 300 g/mol. The lowest BCUT2D eigenvalue weighted by Crippen LogP contribution is -2.38. The number of hydrogen-bond donors (Lipinski definition) is 2. The van der Waals surface area contributed by atoms with Crippen LogP contribution < -0.4 is 10.6 Å². The van der Waals surface area contributed by atoms with Gasteiger partial charge in [-0.1, -0.05) is 56.3 Å². The molecule has 2 aromatic rings. The number of aliphatic imine (C=N–C) groups is 1. The molecule has 1 unspecified atom stereocenters. The van der Waals surface area contributed by atoms with Crippen molar-refractivity contribution >= 4 is 5.96 Å². The zero-order chi connectivity index (χ0) is 17.4. The minimum atomic E-state index is 0.415. The van der Waals surface area contributed by atoms with E-state index in [1.54, 1.807) is 7.05 Å². The maximum Gasteiger partial charge on any atom is 0.191 e. The van der Waals surface area contributed by atoms with E-state index in [9.17, 15) is 0 Å². The Labute approximate surface area is 144 Å². The lowest BCUT2D eigenvalue weighted by Gasteiger charge is -2.16. The first-order valence-corrected chi connectivity index (χ1v) is 8.65. The zero-order valence-electron chi connectivity index (χ0n) is 15.1. The molecule has 1 heterocycles. The fraction of sp³-hybridized carbons (Fsp3) is 0.474. The monoisotopic (exact) mass is 328 g/mol. The van der Waals surface area contributed by atoms with E-state index in [2.05, 4.69) is 65.8 Å². The highest BCUT2D eigenvalue weighted by molar-refractivity contribution is 5.79. The number of rotatable bonds is 7. The Balaban J connectivity index is 1.90. The lowest BCUT2D eigenvalue weighted by molar-refractivity contribution is 0.380. The summed E-state index contributed by atoms with van der Waals surface area (Å²) in [6.07, 6.45) is 1.72. The molecule has 0 radical (unpaired) electrons. The third-order valence-corrected chi connectivity index (χ3v) is 4.21. The van der Waals surface area contributed by atoms with Crippen LogP contribution >= 0.6 is 0 Å². The van der Waals surface area contributed by atoms with Crippen molar-refractivity contribution in [3.63, 3.8) is 0 Å². The number of benzene rings is 1. The van der Waals surface area contributed by atoms with Gasteiger partial charge in [0, 0.05) is 32.1 Å². The van der Waals surface area contributed by atoms with E-state index in [1.807, 2.05) is 6.07 Å². The van der Waals surface area contributed by atoms with E-state index in [0.717, 1.165) is 42.4 Å². The van der Waals surface area contributed by atoms with Gasteiger partial charge in [0.15, 0.2) is 5.96 Å². The third-order valence-electron chi connectivity index (χ3n) is 4.21. The first kappa shape index (κ1) is 18.0. The quantitative estimate of drug-likeness (QED) is 0.605. The number of aromatic nitrogens is 1. The molecule has 0 aliphatic rings. The summed E-state index contributed by atoms with van der Waals surface area (Å²) in [7, 11) is 1.79. The summed E-state index contributed by atoms with van der Waals surface area (Å²) in [5.41, 5.74) is 3.49. The molecule has 24 heavy (non-hydrogen) atoms. The zero-order valence-corrected chi connectivity index (χ0v) is 15.1. The standard InChI is InChI=1S/C19H28N4O/c1-5-17-16(18(6-2)24-23-17)13-22-19(20-4)21-12-14(3)15-10-8-7-9-11-15/h7-11,14H,5-6,12-13H2,1-4H3,(H2,20,21,22). The second-order valence-electron chi connectivity index (χ2n) is 5.86. The molecule has 0 bridgehead atoms. The molecule has 0 fully saturated rings. The summed E-state index contributed by atoms with van der Waals surface area (Å²) < 4.78 is 5.41. The molecule has 1 aromatic carbocycles. The van der Waals surface area contributed by atoms with Gasteiger partial charge in [-0.3, -0.25) is 4.99 Å². The van der Waals surface area contributed by atoms with Crippen molar-refractivity contribution in [1.29, 1.82) is 0 Å². The van der Waals surface area contributed by atoms with E-state index < -0.39 is 0 Å². The Morgan fingerprint density at radius 2 is 1.92 bits per heavy atom. The van der Waals surface area contributed by atoms with Gasteiger partial charge in [-0.2, -0.15) is 0 Å². The molecule has 2 rings (SSSR count). The van der Waals surface area contributed by atoms with Crippen LogP contribution in [-0.4, -0.2) is 24.7 Å². The second kappa shape index (κ2) is 9.11. The minimum Gasteiger partial charge on any atom is -0.361 e. The van der Waals surface area contributed by atoms with Crippen molar-refractivity contribution < 1.29 is 4.52 Å². The van der Waals surface area contributed by atoms with Crippen LogP contribution in [0.25, 0.3) is 0 Å². The molecule has 0 spiro atoms. The van der Waals surface area contributed by atoms with E-state index in [-0.39, 0.29) is 0 Å². The van der Waals surface area contributed by atoms with E-state index >= 15 is 0 Å². The number of guanidine groups is 1. The molecule has 130 valence electrons. The van der Waals surface area contributed by atoms with Crippen LogP contribution in [0.4, 0.5) is 0 Å². The van der Waals surface area contributed by atoms with Crippen molar-refractivity contribution in [1.82, 2.24) is 15.8 Å². The molecule has 2 N–H and O–H groups in total. The second-order valence-corrected chi connectivity index (χ2v) is 5.86. The van der Waals surface area contributed by atoms with E-state index in [0.29, 0.717) is 12.5 Å². The number of nitrogens with zero attached hydrogens (tertiary/aromatic N) is 2. The molecule has 0 saturated heterocycles. The summed E-state index contributed by atoms with van der Waals surface area (Å²) in [4.78, 5) is 4.31. The molecule has 1 atom stereocenters. The normalized spacial score (nSPS) is 12.9. The summed E-state index contributed by atoms with van der Waals surface area (Å²) in [5.74, 6) is 2.16. The van der Waals surface area contributed by atoms with Gasteiger partial charge in [-0.15, -0.1) is 0 Å². The van der Waals surface area contributed by atoms with Crippen LogP contribution in [0.3, 0.4) is 0 Å². The summed E-state index contributed by atoms with van der Waals surface area (Å²) in [5, 5.41) is 10.9. The van der Waals surface area contributed by atoms with Gasteiger partial charge in [0.1, 0.15) is 5.76 Å². The van der Waals surface area contributed by atoms with Crippen LogP contribution in [0.1, 0.15) is 49.3 Å². The Morgan fingerprint density at radius 3 is 2.54 bits per heavy atom. The predicted octanol–water partition coefficient (Wildman–Crippen LogP) is 3.27. The van der Waals surface area contributed by atoms with E-state index in [4.69, 9.17) is 4.52 Å². The van der Waals surface area contributed by atoms with Crippen LogP contribution in [-0.2, 0) is 19.4 Å². The molecule has 0 aliphatic heterocycles. The maximum atomic E-state index is 5.41. The number of nitrogens with one attached hydrogen (secondary N) is 2. The van der Waals surface area contributed by atoms with Gasteiger partial charge >= 0.3 is 0 Å². The number of hydrogen-bond acceptors (Lipinski definition) is 3. The van der Waals surface area contributed by atoms with Gasteiger partial charge in [0.2, 0.25) is 0 Å². The third kappa shape index (κ3) is 4.60.